The largest absolute Gasteiger partial charge is 0.455 e. The van der Waals surface area contributed by atoms with Crippen molar-refractivity contribution in [3.63, 3.8) is 0 Å². The molecule has 10 nitrogen and oxygen atoms in total. The maximum absolute atomic E-state index is 13.8. The molecule has 3 heterocycles. The SMILES string of the molecule is O=C(NCc1ccccc1Cl)c1cc(Br)cc(Cl)c1CC(=O)c1cc(Cn2nnc(C(F)(F)F)n2)nn1-c1ncccc1Cl. The van der Waals surface area contributed by atoms with Gasteiger partial charge < -0.3 is 5.32 Å². The Labute approximate surface area is 270 Å². The normalized spacial score (nSPS) is 11.5. The Balaban J connectivity index is 1.47. The molecule has 3 aromatic heterocycles. The average molecular weight is 729 g/mol. The maximum atomic E-state index is 13.8. The number of aromatic nitrogens is 7. The lowest BCUT2D eigenvalue weighted by atomic mass is 10.00. The fourth-order valence-electron chi connectivity index (χ4n) is 4.12. The van der Waals surface area contributed by atoms with E-state index >= 15 is 0 Å². The molecule has 0 atom stereocenters. The van der Waals surface area contributed by atoms with Crippen molar-refractivity contribution in [2.75, 3.05) is 0 Å². The van der Waals surface area contributed by atoms with Crippen molar-refractivity contribution in [2.45, 2.75) is 25.7 Å². The molecule has 5 aromatic rings. The fourth-order valence-corrected chi connectivity index (χ4v) is 5.40. The van der Waals surface area contributed by atoms with Gasteiger partial charge in [-0.05, 0) is 52.7 Å². The van der Waals surface area contributed by atoms with Gasteiger partial charge in [0.05, 0.1) is 10.7 Å². The second kappa shape index (κ2) is 13.0. The number of rotatable bonds is 9. The van der Waals surface area contributed by atoms with E-state index in [1.165, 1.54) is 24.4 Å². The number of pyridine rings is 1. The van der Waals surface area contributed by atoms with Crippen LogP contribution in [0.2, 0.25) is 15.1 Å². The molecule has 0 fully saturated rings. The van der Waals surface area contributed by atoms with Crippen LogP contribution >= 0.6 is 50.7 Å². The molecular formula is C27H17BrCl3F3N8O2. The summed E-state index contributed by atoms with van der Waals surface area (Å²) in [7, 11) is 0. The minimum atomic E-state index is -4.79. The van der Waals surface area contributed by atoms with E-state index in [1.807, 2.05) is 0 Å². The van der Waals surface area contributed by atoms with E-state index in [0.717, 1.165) is 4.68 Å². The highest BCUT2D eigenvalue weighted by molar-refractivity contribution is 9.10. The highest BCUT2D eigenvalue weighted by Crippen LogP contribution is 2.29. The Hall–Kier alpha value is -3.85. The van der Waals surface area contributed by atoms with Gasteiger partial charge >= 0.3 is 6.18 Å². The molecule has 5 rings (SSSR count). The van der Waals surface area contributed by atoms with Crippen molar-refractivity contribution in [2.24, 2.45) is 0 Å². The number of nitrogens with zero attached hydrogens (tertiary/aromatic N) is 7. The number of amides is 1. The molecule has 0 radical (unpaired) electrons. The van der Waals surface area contributed by atoms with Gasteiger partial charge in [-0.1, -0.05) is 68.9 Å². The Morgan fingerprint density at radius 3 is 2.41 bits per heavy atom. The van der Waals surface area contributed by atoms with Crippen LogP contribution in [-0.2, 0) is 25.7 Å². The van der Waals surface area contributed by atoms with Crippen LogP contribution in [0.1, 0.15) is 43.5 Å². The molecule has 0 aliphatic rings. The van der Waals surface area contributed by atoms with E-state index < -0.39 is 23.7 Å². The molecule has 0 aliphatic heterocycles. The quantitative estimate of drug-likeness (QED) is 0.175. The van der Waals surface area contributed by atoms with Crippen LogP contribution in [0.5, 0.6) is 0 Å². The number of nitrogens with one attached hydrogen (secondary N) is 1. The van der Waals surface area contributed by atoms with Gasteiger partial charge in [-0.2, -0.15) is 23.1 Å². The lowest BCUT2D eigenvalue weighted by molar-refractivity contribution is -0.145. The number of halogens is 7. The van der Waals surface area contributed by atoms with Gasteiger partial charge in [0.2, 0.25) is 0 Å². The third kappa shape index (κ3) is 7.09. The topological polar surface area (TPSA) is 120 Å². The zero-order valence-corrected chi connectivity index (χ0v) is 25.8. The number of hydrogen-bond acceptors (Lipinski definition) is 7. The molecule has 0 saturated heterocycles. The van der Waals surface area contributed by atoms with E-state index in [9.17, 15) is 22.8 Å². The fraction of sp³-hybridized carbons (Fsp3) is 0.148. The first-order chi connectivity index (χ1) is 20.9. The minimum absolute atomic E-state index is 0.0295. The first-order valence-corrected chi connectivity index (χ1v) is 14.4. The predicted molar refractivity (Wildman–Crippen MR) is 158 cm³/mol. The highest BCUT2D eigenvalue weighted by Gasteiger charge is 2.37. The van der Waals surface area contributed by atoms with Crippen molar-refractivity contribution in [3.05, 3.63) is 114 Å². The molecule has 0 saturated carbocycles. The van der Waals surface area contributed by atoms with Crippen LogP contribution < -0.4 is 5.32 Å². The highest BCUT2D eigenvalue weighted by atomic mass is 79.9. The van der Waals surface area contributed by atoms with Gasteiger partial charge in [-0.25, -0.2) is 9.67 Å². The van der Waals surface area contributed by atoms with Crippen LogP contribution in [0.3, 0.4) is 0 Å². The van der Waals surface area contributed by atoms with Crippen molar-refractivity contribution in [1.82, 2.24) is 40.3 Å². The van der Waals surface area contributed by atoms with Gasteiger partial charge in [-0.15, -0.1) is 10.2 Å². The third-order valence-corrected chi connectivity index (χ3v) is 7.59. The summed E-state index contributed by atoms with van der Waals surface area (Å²) in [6.07, 6.45) is -3.71. The molecule has 0 aliphatic carbocycles. The molecule has 1 amide bonds. The molecule has 2 aromatic carbocycles. The van der Waals surface area contributed by atoms with E-state index in [-0.39, 0.29) is 57.9 Å². The Bertz CT molecular complexity index is 1880. The molecule has 17 heteroatoms. The van der Waals surface area contributed by atoms with Crippen LogP contribution in [0.4, 0.5) is 13.2 Å². The summed E-state index contributed by atoms with van der Waals surface area (Å²) in [6, 6.07) is 14.5. The van der Waals surface area contributed by atoms with Gasteiger partial charge in [-0.3, -0.25) is 9.59 Å². The minimum Gasteiger partial charge on any atom is -0.348 e. The number of benzene rings is 2. The van der Waals surface area contributed by atoms with Gasteiger partial charge in [0.15, 0.2) is 11.6 Å². The Morgan fingerprint density at radius 1 is 0.955 bits per heavy atom. The summed E-state index contributed by atoms with van der Waals surface area (Å²) < 4.78 is 40.6. The zero-order chi connectivity index (χ0) is 31.6. The molecule has 0 spiro atoms. The monoisotopic (exact) mass is 726 g/mol. The molecule has 0 unspecified atom stereocenters. The first-order valence-electron chi connectivity index (χ1n) is 12.5. The molecular weight excluding hydrogens is 712 g/mol. The van der Waals surface area contributed by atoms with Crippen LogP contribution in [0, 0.1) is 0 Å². The number of Topliss-reactive ketones (excluding diaryl/α,β-unsaturated/α-hetero) is 1. The van der Waals surface area contributed by atoms with Crippen LogP contribution in [-0.4, -0.2) is 46.7 Å². The summed E-state index contributed by atoms with van der Waals surface area (Å²) in [6.45, 7) is -0.230. The van der Waals surface area contributed by atoms with Gasteiger partial charge in [0, 0.05) is 39.2 Å². The van der Waals surface area contributed by atoms with E-state index in [1.54, 1.807) is 36.4 Å². The number of alkyl halides is 3. The summed E-state index contributed by atoms with van der Waals surface area (Å²) in [4.78, 5) is 32.0. The lowest BCUT2D eigenvalue weighted by Crippen LogP contribution is -2.25. The second-order valence-corrected chi connectivity index (χ2v) is 11.3. The summed E-state index contributed by atoms with van der Waals surface area (Å²) >= 11 is 22.4. The number of carbonyl (C=O) groups excluding carboxylic acids is 2. The van der Waals surface area contributed by atoms with E-state index in [2.05, 4.69) is 46.7 Å². The van der Waals surface area contributed by atoms with Crippen molar-refractivity contribution >= 4 is 62.4 Å². The zero-order valence-electron chi connectivity index (χ0n) is 22.0. The summed E-state index contributed by atoms with van der Waals surface area (Å²) in [5.41, 5.74) is 1.14. The van der Waals surface area contributed by atoms with Crippen molar-refractivity contribution in [3.8, 4) is 5.82 Å². The van der Waals surface area contributed by atoms with Crippen molar-refractivity contribution in [1.29, 1.82) is 0 Å². The van der Waals surface area contributed by atoms with Crippen molar-refractivity contribution < 1.29 is 22.8 Å². The molecule has 0 bridgehead atoms. The lowest BCUT2D eigenvalue weighted by Gasteiger charge is -2.14. The Morgan fingerprint density at radius 2 is 1.70 bits per heavy atom. The number of ketones is 1. The Kier molecular flexibility index (Phi) is 9.34. The summed E-state index contributed by atoms with van der Waals surface area (Å²) in [5.74, 6) is -2.38. The molecule has 226 valence electrons. The van der Waals surface area contributed by atoms with Gasteiger partial charge in [0.1, 0.15) is 12.2 Å². The van der Waals surface area contributed by atoms with Crippen LogP contribution in [0.25, 0.3) is 5.82 Å². The number of tetrazole rings is 1. The summed E-state index contributed by atoms with van der Waals surface area (Å²) in [5, 5.41) is 17.7. The first kappa shape index (κ1) is 31.6. The van der Waals surface area contributed by atoms with E-state index in [4.69, 9.17) is 34.8 Å². The molecule has 44 heavy (non-hydrogen) atoms. The third-order valence-electron chi connectivity index (χ3n) is 6.13. The van der Waals surface area contributed by atoms with Gasteiger partial charge in [0.25, 0.3) is 11.7 Å². The smallest absolute Gasteiger partial charge is 0.348 e. The maximum Gasteiger partial charge on any atom is 0.455 e. The van der Waals surface area contributed by atoms with Crippen LogP contribution in [0.15, 0.2) is 65.3 Å². The number of hydrogen-bond donors (Lipinski definition) is 1. The molecule has 1 N–H and O–H groups in total. The van der Waals surface area contributed by atoms with E-state index in [0.29, 0.717) is 19.9 Å². The predicted octanol–water partition coefficient (Wildman–Crippen LogP) is 6.40. The number of carbonyl (C=O) groups is 2. The standard InChI is InChI=1S/C27H17BrCl3F3N8O2/c28-15-8-18(25(44)36-12-14-4-1-2-5-19(14)29)17(21(31)9-15)11-23(43)22-10-16(13-41-39-26(37-40-41)27(32,33)34)38-42(22)24-20(30)6-3-7-35-24/h1-10H,11-13H2,(H,36,44). The average Bonchev–Trinajstić information content (AvgIpc) is 3.62. The second-order valence-electron chi connectivity index (χ2n) is 9.17.